The standard InChI is InChI=1S/C24H26N2O2/c1-17-12-19(4-7-24(17)28)14-26-11-9-22(15-26)21-8-10-25-23(13-21)20-5-2-18(16-27)3-6-20/h2-8,10,12-13,22,27-28H,9,11,14-16H2,1H3/t22-/m1/s1. The number of aromatic hydroxyl groups is 1. The molecule has 1 atom stereocenters. The quantitative estimate of drug-likeness (QED) is 0.701. The van der Waals surface area contributed by atoms with E-state index in [4.69, 9.17) is 0 Å². The Labute approximate surface area is 166 Å². The summed E-state index contributed by atoms with van der Waals surface area (Å²) >= 11 is 0. The molecule has 0 spiro atoms. The lowest BCUT2D eigenvalue weighted by atomic mass is 9.97. The molecule has 0 amide bonds. The fourth-order valence-electron chi connectivity index (χ4n) is 3.96. The number of aryl methyl sites for hydroxylation is 1. The molecule has 2 heterocycles. The second-order valence-corrected chi connectivity index (χ2v) is 7.67. The van der Waals surface area contributed by atoms with Crippen LogP contribution in [0.2, 0.25) is 0 Å². The average Bonchev–Trinajstić information content (AvgIpc) is 3.19. The number of benzene rings is 2. The zero-order valence-corrected chi connectivity index (χ0v) is 16.2. The first kappa shape index (κ1) is 18.7. The van der Waals surface area contributed by atoms with Crippen molar-refractivity contribution in [1.29, 1.82) is 0 Å². The minimum Gasteiger partial charge on any atom is -0.508 e. The highest BCUT2D eigenvalue weighted by Gasteiger charge is 2.24. The van der Waals surface area contributed by atoms with Gasteiger partial charge in [0.2, 0.25) is 0 Å². The van der Waals surface area contributed by atoms with Crippen LogP contribution in [0.1, 0.15) is 34.6 Å². The van der Waals surface area contributed by atoms with Crippen molar-refractivity contribution in [2.45, 2.75) is 32.4 Å². The number of aliphatic hydroxyl groups excluding tert-OH is 1. The molecule has 2 aromatic carbocycles. The van der Waals surface area contributed by atoms with Crippen LogP contribution in [0.25, 0.3) is 11.3 Å². The van der Waals surface area contributed by atoms with Gasteiger partial charge in [-0.3, -0.25) is 9.88 Å². The molecule has 0 aliphatic carbocycles. The summed E-state index contributed by atoms with van der Waals surface area (Å²) in [5, 5.41) is 18.9. The number of pyridine rings is 1. The van der Waals surface area contributed by atoms with E-state index in [1.165, 1.54) is 11.1 Å². The smallest absolute Gasteiger partial charge is 0.118 e. The molecule has 0 radical (unpaired) electrons. The SMILES string of the molecule is Cc1cc(CN2CC[C@@H](c3ccnc(-c4ccc(CO)cc4)c3)C2)ccc1O. The summed E-state index contributed by atoms with van der Waals surface area (Å²) in [7, 11) is 0. The Kier molecular flexibility index (Phi) is 5.42. The highest BCUT2D eigenvalue weighted by Crippen LogP contribution is 2.30. The number of nitrogens with zero attached hydrogens (tertiary/aromatic N) is 2. The summed E-state index contributed by atoms with van der Waals surface area (Å²) in [5.41, 5.74) is 6.48. The zero-order chi connectivity index (χ0) is 19.5. The normalized spacial score (nSPS) is 17.1. The van der Waals surface area contributed by atoms with Gasteiger partial charge in [-0.25, -0.2) is 0 Å². The van der Waals surface area contributed by atoms with Crippen LogP contribution in [0.5, 0.6) is 5.75 Å². The van der Waals surface area contributed by atoms with Crippen LogP contribution in [0, 0.1) is 6.92 Å². The summed E-state index contributed by atoms with van der Waals surface area (Å²) in [6.07, 6.45) is 3.04. The van der Waals surface area contributed by atoms with Gasteiger partial charge < -0.3 is 10.2 Å². The van der Waals surface area contributed by atoms with E-state index in [0.29, 0.717) is 11.7 Å². The molecule has 0 saturated carbocycles. The molecule has 0 bridgehead atoms. The van der Waals surface area contributed by atoms with Gasteiger partial charge in [0.1, 0.15) is 5.75 Å². The first-order chi connectivity index (χ1) is 13.6. The minimum atomic E-state index is 0.0617. The predicted molar refractivity (Wildman–Crippen MR) is 111 cm³/mol. The number of aromatic nitrogens is 1. The van der Waals surface area contributed by atoms with Crippen LogP contribution < -0.4 is 0 Å². The van der Waals surface area contributed by atoms with Gasteiger partial charge >= 0.3 is 0 Å². The molecule has 1 aliphatic rings. The first-order valence-corrected chi connectivity index (χ1v) is 9.79. The number of likely N-dealkylation sites (tertiary alicyclic amines) is 1. The molecule has 144 valence electrons. The van der Waals surface area contributed by atoms with E-state index < -0.39 is 0 Å². The van der Waals surface area contributed by atoms with Crippen molar-refractivity contribution in [3.8, 4) is 17.0 Å². The lowest BCUT2D eigenvalue weighted by molar-refractivity contribution is 0.282. The van der Waals surface area contributed by atoms with E-state index in [9.17, 15) is 10.2 Å². The van der Waals surface area contributed by atoms with Crippen molar-refractivity contribution in [2.24, 2.45) is 0 Å². The second-order valence-electron chi connectivity index (χ2n) is 7.67. The maximum Gasteiger partial charge on any atom is 0.118 e. The number of phenolic OH excluding ortho intramolecular Hbond substituents is 1. The molecule has 4 rings (SSSR count). The first-order valence-electron chi connectivity index (χ1n) is 9.79. The zero-order valence-electron chi connectivity index (χ0n) is 16.2. The van der Waals surface area contributed by atoms with E-state index >= 15 is 0 Å². The van der Waals surface area contributed by atoms with Crippen LogP contribution >= 0.6 is 0 Å². The van der Waals surface area contributed by atoms with Gasteiger partial charge in [0, 0.05) is 24.8 Å². The fraction of sp³-hybridized carbons (Fsp3) is 0.292. The Hall–Kier alpha value is -2.69. The largest absolute Gasteiger partial charge is 0.508 e. The molecule has 1 fully saturated rings. The Morgan fingerprint density at radius 1 is 1.04 bits per heavy atom. The van der Waals surface area contributed by atoms with E-state index in [-0.39, 0.29) is 6.61 Å². The molecular weight excluding hydrogens is 348 g/mol. The molecule has 2 N–H and O–H groups in total. The Balaban J connectivity index is 1.45. The van der Waals surface area contributed by atoms with Gasteiger partial charge in [-0.1, -0.05) is 36.4 Å². The number of aliphatic hydroxyl groups is 1. The van der Waals surface area contributed by atoms with Crippen molar-refractivity contribution >= 4 is 0 Å². The lowest BCUT2D eigenvalue weighted by Gasteiger charge is -2.17. The van der Waals surface area contributed by atoms with Crippen LogP contribution in [0.3, 0.4) is 0 Å². The topological polar surface area (TPSA) is 56.6 Å². The third-order valence-electron chi connectivity index (χ3n) is 5.63. The summed E-state index contributed by atoms with van der Waals surface area (Å²) < 4.78 is 0. The average molecular weight is 374 g/mol. The summed E-state index contributed by atoms with van der Waals surface area (Å²) in [5.74, 6) is 0.871. The number of hydrogen-bond acceptors (Lipinski definition) is 4. The van der Waals surface area contributed by atoms with Crippen molar-refractivity contribution < 1.29 is 10.2 Å². The fourth-order valence-corrected chi connectivity index (χ4v) is 3.96. The Morgan fingerprint density at radius 3 is 2.57 bits per heavy atom. The monoisotopic (exact) mass is 374 g/mol. The van der Waals surface area contributed by atoms with Gasteiger partial charge in [0.05, 0.1) is 12.3 Å². The maximum atomic E-state index is 9.71. The van der Waals surface area contributed by atoms with Crippen LogP contribution in [-0.4, -0.2) is 33.2 Å². The van der Waals surface area contributed by atoms with Crippen molar-refractivity contribution in [2.75, 3.05) is 13.1 Å². The van der Waals surface area contributed by atoms with Gasteiger partial charge in [-0.15, -0.1) is 0 Å². The van der Waals surface area contributed by atoms with Crippen LogP contribution in [0.15, 0.2) is 60.8 Å². The third-order valence-corrected chi connectivity index (χ3v) is 5.63. The van der Waals surface area contributed by atoms with E-state index in [1.807, 2.05) is 43.5 Å². The molecule has 3 aromatic rings. The van der Waals surface area contributed by atoms with E-state index in [2.05, 4.69) is 28.1 Å². The Bertz CT molecular complexity index is 953. The third kappa shape index (κ3) is 4.08. The summed E-state index contributed by atoms with van der Waals surface area (Å²) in [6.45, 7) is 5.03. The molecule has 28 heavy (non-hydrogen) atoms. The summed E-state index contributed by atoms with van der Waals surface area (Å²) in [6, 6.07) is 18.1. The van der Waals surface area contributed by atoms with Crippen molar-refractivity contribution in [1.82, 2.24) is 9.88 Å². The van der Waals surface area contributed by atoms with Gasteiger partial charge in [-0.2, -0.15) is 0 Å². The number of hydrogen-bond donors (Lipinski definition) is 2. The van der Waals surface area contributed by atoms with E-state index in [0.717, 1.165) is 48.4 Å². The molecule has 1 aliphatic heterocycles. The van der Waals surface area contributed by atoms with Crippen LogP contribution in [0.4, 0.5) is 0 Å². The number of phenols is 1. The van der Waals surface area contributed by atoms with Gasteiger partial charge in [0.15, 0.2) is 0 Å². The second kappa shape index (κ2) is 8.13. The van der Waals surface area contributed by atoms with Crippen LogP contribution in [-0.2, 0) is 13.2 Å². The summed E-state index contributed by atoms with van der Waals surface area (Å²) in [4.78, 5) is 7.02. The maximum absolute atomic E-state index is 9.71. The molecule has 1 aromatic heterocycles. The van der Waals surface area contributed by atoms with Crippen molar-refractivity contribution in [3.63, 3.8) is 0 Å². The van der Waals surface area contributed by atoms with E-state index in [1.54, 1.807) is 6.07 Å². The van der Waals surface area contributed by atoms with Crippen molar-refractivity contribution in [3.05, 3.63) is 83.0 Å². The highest BCUT2D eigenvalue weighted by molar-refractivity contribution is 5.60. The highest BCUT2D eigenvalue weighted by atomic mass is 16.3. The minimum absolute atomic E-state index is 0.0617. The molecule has 4 heteroatoms. The molecular formula is C24H26N2O2. The molecule has 4 nitrogen and oxygen atoms in total. The Morgan fingerprint density at radius 2 is 1.82 bits per heavy atom. The van der Waals surface area contributed by atoms with Gasteiger partial charge in [0.25, 0.3) is 0 Å². The van der Waals surface area contributed by atoms with Gasteiger partial charge in [-0.05, 0) is 66.3 Å². The predicted octanol–water partition coefficient (Wildman–Crippen LogP) is 4.24. The molecule has 1 saturated heterocycles. The number of rotatable bonds is 5. The molecule has 0 unspecified atom stereocenters. The lowest BCUT2D eigenvalue weighted by Crippen LogP contribution is -2.19.